The summed E-state index contributed by atoms with van der Waals surface area (Å²) < 4.78 is 1.85. The minimum absolute atomic E-state index is 0.0814. The van der Waals surface area contributed by atoms with Crippen LogP contribution in [0.3, 0.4) is 0 Å². The molecule has 5 heteroatoms. The van der Waals surface area contributed by atoms with Gasteiger partial charge in [-0.1, -0.05) is 6.42 Å². The molecule has 0 radical (unpaired) electrons. The molecule has 1 fully saturated rings. The lowest BCUT2D eigenvalue weighted by Crippen LogP contribution is -2.32. The van der Waals surface area contributed by atoms with Crippen LogP contribution in [0, 0.1) is 11.8 Å². The van der Waals surface area contributed by atoms with Crippen LogP contribution in [0.4, 0.5) is 5.69 Å². The van der Waals surface area contributed by atoms with Gasteiger partial charge in [0.25, 0.3) is 5.91 Å². The van der Waals surface area contributed by atoms with Gasteiger partial charge in [-0.25, -0.2) is 0 Å². The summed E-state index contributed by atoms with van der Waals surface area (Å²) in [4.78, 5) is 12.1. The minimum atomic E-state index is -0.0814. The maximum absolute atomic E-state index is 12.1. The summed E-state index contributed by atoms with van der Waals surface area (Å²) in [5.41, 5.74) is 6.94. The number of amides is 1. The average Bonchev–Trinajstić information content (AvgIpc) is 3.01. The van der Waals surface area contributed by atoms with Gasteiger partial charge in [-0.15, -0.1) is 0 Å². The fourth-order valence-electron chi connectivity index (χ4n) is 2.92. The molecule has 4 N–H and O–H groups in total. The van der Waals surface area contributed by atoms with Crippen molar-refractivity contribution in [2.24, 2.45) is 11.8 Å². The number of hydrogen-bond donors (Lipinski definition) is 3. The highest BCUT2D eigenvalue weighted by Gasteiger charge is 2.27. The Kier molecular flexibility index (Phi) is 4.47. The molecular formula is C14H23N3O2. The van der Waals surface area contributed by atoms with Crippen LogP contribution in [0.5, 0.6) is 0 Å². The van der Waals surface area contributed by atoms with Crippen LogP contribution in [0.15, 0.2) is 12.3 Å². The highest BCUT2D eigenvalue weighted by molar-refractivity contribution is 5.93. The van der Waals surface area contributed by atoms with Crippen molar-refractivity contribution in [3.05, 3.63) is 18.0 Å². The molecule has 2 rings (SSSR count). The lowest BCUT2D eigenvalue weighted by atomic mass is 9.97. The zero-order valence-corrected chi connectivity index (χ0v) is 11.4. The van der Waals surface area contributed by atoms with Gasteiger partial charge >= 0.3 is 0 Å². The summed E-state index contributed by atoms with van der Waals surface area (Å²) in [5, 5.41) is 12.2. The fourth-order valence-corrected chi connectivity index (χ4v) is 2.92. The Hall–Kier alpha value is -1.49. The van der Waals surface area contributed by atoms with E-state index in [0.717, 1.165) is 25.8 Å². The topological polar surface area (TPSA) is 80.3 Å². The molecule has 106 valence electrons. The predicted octanol–water partition coefficient (Wildman–Crippen LogP) is 1.23. The van der Waals surface area contributed by atoms with Crippen molar-refractivity contribution in [2.45, 2.75) is 32.7 Å². The Labute approximate surface area is 113 Å². The number of anilines is 1. The van der Waals surface area contributed by atoms with Gasteiger partial charge in [0.05, 0.1) is 5.69 Å². The van der Waals surface area contributed by atoms with Crippen LogP contribution in [-0.2, 0) is 6.54 Å². The largest absolute Gasteiger partial charge is 0.397 e. The van der Waals surface area contributed by atoms with Gasteiger partial charge in [0.2, 0.25) is 0 Å². The summed E-state index contributed by atoms with van der Waals surface area (Å²) in [7, 11) is 0. The van der Waals surface area contributed by atoms with E-state index in [2.05, 4.69) is 5.32 Å². The Balaban J connectivity index is 1.94. The van der Waals surface area contributed by atoms with Crippen molar-refractivity contribution in [2.75, 3.05) is 18.9 Å². The van der Waals surface area contributed by atoms with Crippen LogP contribution in [-0.4, -0.2) is 28.7 Å². The second-order valence-corrected chi connectivity index (χ2v) is 5.29. The summed E-state index contributed by atoms with van der Waals surface area (Å²) in [6.45, 7) is 3.56. The standard InChI is InChI=1S/C14H23N3O2/c1-2-17-8-12(15)6-13(17)14(19)16-7-10-4-3-5-11(10)9-18/h6,8,10-11,18H,2-5,7,9,15H2,1H3,(H,16,19). The monoisotopic (exact) mass is 265 g/mol. The number of hydrogen-bond acceptors (Lipinski definition) is 3. The Bertz CT molecular complexity index is 442. The molecule has 0 aromatic carbocycles. The van der Waals surface area contributed by atoms with E-state index >= 15 is 0 Å². The number of aliphatic hydroxyl groups is 1. The van der Waals surface area contributed by atoms with Gasteiger partial charge in [0.15, 0.2) is 0 Å². The van der Waals surface area contributed by atoms with Crippen molar-refractivity contribution in [3.63, 3.8) is 0 Å². The highest BCUT2D eigenvalue weighted by atomic mass is 16.3. The van der Waals surface area contributed by atoms with E-state index in [4.69, 9.17) is 5.73 Å². The third-order valence-corrected chi connectivity index (χ3v) is 4.07. The molecule has 0 bridgehead atoms. The number of aromatic nitrogens is 1. The summed E-state index contributed by atoms with van der Waals surface area (Å²) in [5.74, 6) is 0.654. The highest BCUT2D eigenvalue weighted by Crippen LogP contribution is 2.30. The van der Waals surface area contributed by atoms with E-state index in [1.54, 1.807) is 12.3 Å². The van der Waals surface area contributed by atoms with Crippen molar-refractivity contribution in [3.8, 4) is 0 Å². The molecule has 1 saturated carbocycles. The van der Waals surface area contributed by atoms with Crippen molar-refractivity contribution >= 4 is 11.6 Å². The molecular weight excluding hydrogens is 242 g/mol. The molecule has 0 spiro atoms. The summed E-state index contributed by atoms with van der Waals surface area (Å²) in [6, 6.07) is 1.71. The van der Waals surface area contributed by atoms with E-state index in [0.29, 0.717) is 29.8 Å². The van der Waals surface area contributed by atoms with Crippen LogP contribution in [0.2, 0.25) is 0 Å². The molecule has 1 amide bonds. The molecule has 1 aliphatic rings. The molecule has 2 unspecified atom stereocenters. The van der Waals surface area contributed by atoms with Gasteiger partial charge in [0, 0.05) is 25.9 Å². The van der Waals surface area contributed by atoms with Crippen LogP contribution in [0.25, 0.3) is 0 Å². The van der Waals surface area contributed by atoms with Gasteiger partial charge in [0.1, 0.15) is 5.69 Å². The second kappa shape index (κ2) is 6.10. The molecule has 0 aliphatic heterocycles. The quantitative estimate of drug-likeness (QED) is 0.749. The zero-order chi connectivity index (χ0) is 13.8. The first-order valence-electron chi connectivity index (χ1n) is 7.00. The third kappa shape index (κ3) is 3.10. The first kappa shape index (κ1) is 13.9. The first-order chi connectivity index (χ1) is 9.15. The molecule has 1 aromatic heterocycles. The van der Waals surface area contributed by atoms with Gasteiger partial charge < -0.3 is 20.7 Å². The molecule has 2 atom stereocenters. The van der Waals surface area contributed by atoms with Gasteiger partial charge in [-0.2, -0.15) is 0 Å². The third-order valence-electron chi connectivity index (χ3n) is 4.07. The minimum Gasteiger partial charge on any atom is -0.397 e. The van der Waals surface area contributed by atoms with E-state index in [1.165, 1.54) is 0 Å². The lowest BCUT2D eigenvalue weighted by Gasteiger charge is -2.18. The van der Waals surface area contributed by atoms with Crippen LogP contribution >= 0.6 is 0 Å². The number of nitrogen functional groups attached to an aromatic ring is 1. The number of nitrogens with zero attached hydrogens (tertiary/aromatic N) is 1. The number of carbonyl (C=O) groups is 1. The molecule has 5 nitrogen and oxygen atoms in total. The van der Waals surface area contributed by atoms with Crippen LogP contribution in [0.1, 0.15) is 36.7 Å². The molecule has 1 heterocycles. The number of carbonyl (C=O) groups excluding carboxylic acids is 1. The van der Waals surface area contributed by atoms with E-state index in [-0.39, 0.29) is 12.5 Å². The number of nitrogens with two attached hydrogens (primary N) is 1. The Morgan fingerprint density at radius 3 is 2.95 bits per heavy atom. The lowest BCUT2D eigenvalue weighted by molar-refractivity contribution is 0.0928. The Morgan fingerprint density at radius 2 is 2.26 bits per heavy atom. The van der Waals surface area contributed by atoms with E-state index in [1.807, 2.05) is 11.5 Å². The first-order valence-corrected chi connectivity index (χ1v) is 7.00. The number of aliphatic hydroxyl groups excluding tert-OH is 1. The van der Waals surface area contributed by atoms with Crippen molar-refractivity contribution in [1.29, 1.82) is 0 Å². The summed E-state index contributed by atoms with van der Waals surface area (Å²) in [6.07, 6.45) is 5.07. The SMILES string of the molecule is CCn1cc(N)cc1C(=O)NCC1CCCC1CO. The van der Waals surface area contributed by atoms with Crippen molar-refractivity contribution in [1.82, 2.24) is 9.88 Å². The fraction of sp³-hybridized carbons (Fsp3) is 0.643. The number of aryl methyl sites for hydroxylation is 1. The second-order valence-electron chi connectivity index (χ2n) is 5.29. The molecule has 1 aromatic rings. The van der Waals surface area contributed by atoms with Crippen LogP contribution < -0.4 is 11.1 Å². The number of rotatable bonds is 5. The maximum atomic E-state index is 12.1. The summed E-state index contributed by atoms with van der Waals surface area (Å²) >= 11 is 0. The van der Waals surface area contributed by atoms with Gasteiger partial charge in [-0.3, -0.25) is 4.79 Å². The number of nitrogens with one attached hydrogen (secondary N) is 1. The molecule has 19 heavy (non-hydrogen) atoms. The molecule has 0 saturated heterocycles. The maximum Gasteiger partial charge on any atom is 0.267 e. The predicted molar refractivity (Wildman–Crippen MR) is 74.8 cm³/mol. The zero-order valence-electron chi connectivity index (χ0n) is 11.4. The average molecular weight is 265 g/mol. The smallest absolute Gasteiger partial charge is 0.267 e. The normalized spacial score (nSPS) is 22.6. The van der Waals surface area contributed by atoms with Gasteiger partial charge in [-0.05, 0) is 37.7 Å². The van der Waals surface area contributed by atoms with Crippen molar-refractivity contribution < 1.29 is 9.90 Å². The van der Waals surface area contributed by atoms with E-state index in [9.17, 15) is 9.90 Å². The Morgan fingerprint density at radius 1 is 1.53 bits per heavy atom. The van der Waals surface area contributed by atoms with E-state index < -0.39 is 0 Å². The molecule has 1 aliphatic carbocycles.